The van der Waals surface area contributed by atoms with Gasteiger partial charge in [-0.1, -0.05) is 35.9 Å². The van der Waals surface area contributed by atoms with Crippen LogP contribution in [0.5, 0.6) is 0 Å². The molecular weight excluding hydrogens is 473 g/mol. The van der Waals surface area contributed by atoms with Gasteiger partial charge < -0.3 is 10.2 Å². The Morgan fingerprint density at radius 2 is 1.85 bits per heavy atom. The lowest BCUT2D eigenvalue weighted by Gasteiger charge is -2.17. The molecule has 3 rings (SSSR count). The number of rotatable bonds is 6. The summed E-state index contributed by atoms with van der Waals surface area (Å²) in [4.78, 5) is 29.3. The molecule has 0 saturated carbocycles. The maximum atomic E-state index is 14.6. The van der Waals surface area contributed by atoms with Crippen LogP contribution in [0.1, 0.15) is 0 Å². The number of likely N-dealkylation sites (N-methyl/N-ethyl adjacent to an activating group) is 1. The first-order valence-corrected chi connectivity index (χ1v) is 11.3. The molecule has 4 N–H and O–H groups in total. The Hall–Kier alpha value is -3.54. The number of primary sulfonamides is 1. The van der Waals surface area contributed by atoms with Crippen LogP contribution in [0.3, 0.4) is 0 Å². The number of halogens is 2. The quantitative estimate of drug-likeness (QED) is 0.486. The van der Waals surface area contributed by atoms with Gasteiger partial charge in [0, 0.05) is 18.8 Å². The summed E-state index contributed by atoms with van der Waals surface area (Å²) < 4.78 is 38.2. The predicted molar refractivity (Wildman–Crippen MR) is 123 cm³/mol. The topological polar surface area (TPSA) is 134 Å². The van der Waals surface area contributed by atoms with Gasteiger partial charge in [-0.15, -0.1) is 0 Å². The molecule has 1 aromatic heterocycles. The lowest BCUT2D eigenvalue weighted by Crippen LogP contribution is -2.37. The van der Waals surface area contributed by atoms with Gasteiger partial charge in [0.2, 0.25) is 15.9 Å². The minimum absolute atomic E-state index is 0.134. The number of nitrogens with zero attached hydrogens (tertiary/aromatic N) is 2. The average molecular weight is 492 g/mol. The molecule has 0 unspecified atom stereocenters. The Morgan fingerprint density at radius 1 is 1.12 bits per heavy atom. The largest absolute Gasteiger partial charge is 0.323 e. The molecule has 2 aromatic carbocycles. The maximum Gasteiger partial charge on any atom is 0.323 e. The van der Waals surface area contributed by atoms with E-state index in [1.54, 1.807) is 12.1 Å². The van der Waals surface area contributed by atoms with E-state index in [4.69, 9.17) is 16.7 Å². The summed E-state index contributed by atoms with van der Waals surface area (Å²) in [7, 11) is -2.63. The molecule has 0 spiro atoms. The molecule has 0 radical (unpaired) electrons. The van der Waals surface area contributed by atoms with Gasteiger partial charge in [-0.3, -0.25) is 10.1 Å². The van der Waals surface area contributed by atoms with Crippen molar-refractivity contribution >= 4 is 45.1 Å². The Kier molecular flexibility index (Phi) is 7.26. The molecule has 3 aromatic rings. The van der Waals surface area contributed by atoms with Crippen molar-refractivity contribution in [2.45, 2.75) is 4.90 Å². The lowest BCUT2D eigenvalue weighted by atomic mass is 10.0. The number of anilines is 2. The minimum atomic E-state index is -4.02. The van der Waals surface area contributed by atoms with Crippen molar-refractivity contribution < 1.29 is 22.4 Å². The second kappa shape index (κ2) is 9.94. The number of urea groups is 1. The van der Waals surface area contributed by atoms with Crippen molar-refractivity contribution in [2.24, 2.45) is 5.14 Å². The molecular formula is C21H19ClFN5O4S. The third kappa shape index (κ3) is 6.25. The van der Waals surface area contributed by atoms with Crippen LogP contribution >= 0.6 is 11.6 Å². The molecule has 0 atom stereocenters. The number of nitrogens with two attached hydrogens (primary N) is 1. The van der Waals surface area contributed by atoms with Crippen LogP contribution in [-0.2, 0) is 14.8 Å². The third-order valence-electron chi connectivity index (χ3n) is 4.44. The number of aromatic nitrogens is 1. The molecule has 3 amide bonds. The van der Waals surface area contributed by atoms with Crippen molar-refractivity contribution in [2.75, 3.05) is 24.2 Å². The van der Waals surface area contributed by atoms with E-state index in [2.05, 4.69) is 15.6 Å². The van der Waals surface area contributed by atoms with E-state index in [1.165, 1.54) is 49.6 Å². The van der Waals surface area contributed by atoms with Crippen molar-refractivity contribution in [1.82, 2.24) is 9.88 Å². The number of hydrogen-bond acceptors (Lipinski definition) is 5. The zero-order valence-corrected chi connectivity index (χ0v) is 18.8. The highest BCUT2D eigenvalue weighted by Crippen LogP contribution is 2.29. The van der Waals surface area contributed by atoms with Gasteiger partial charge in [0.25, 0.3) is 0 Å². The Morgan fingerprint density at radius 3 is 2.48 bits per heavy atom. The van der Waals surface area contributed by atoms with E-state index in [1.807, 2.05) is 0 Å². The molecule has 12 heteroatoms. The molecule has 9 nitrogen and oxygen atoms in total. The van der Waals surface area contributed by atoms with Crippen LogP contribution in [0.15, 0.2) is 65.7 Å². The highest BCUT2D eigenvalue weighted by molar-refractivity contribution is 7.89. The van der Waals surface area contributed by atoms with Crippen LogP contribution in [0.2, 0.25) is 5.02 Å². The summed E-state index contributed by atoms with van der Waals surface area (Å²) in [5, 5.41) is 10.5. The number of sulfonamides is 1. The van der Waals surface area contributed by atoms with Crippen LogP contribution in [-0.4, -0.2) is 43.8 Å². The second-order valence-corrected chi connectivity index (χ2v) is 8.90. The summed E-state index contributed by atoms with van der Waals surface area (Å²) >= 11 is 5.74. The fraction of sp³-hybridized carbons (Fsp3) is 0.0952. The summed E-state index contributed by atoms with van der Waals surface area (Å²) in [5.74, 6) is -1.19. The van der Waals surface area contributed by atoms with Crippen LogP contribution in [0.25, 0.3) is 11.1 Å². The molecule has 0 bridgehead atoms. The van der Waals surface area contributed by atoms with Crippen molar-refractivity contribution in [3.63, 3.8) is 0 Å². The van der Waals surface area contributed by atoms with Crippen molar-refractivity contribution in [3.8, 4) is 11.1 Å². The van der Waals surface area contributed by atoms with Gasteiger partial charge in [-0.25, -0.2) is 27.7 Å². The molecule has 172 valence electrons. The van der Waals surface area contributed by atoms with Crippen LogP contribution < -0.4 is 15.8 Å². The number of benzene rings is 2. The number of pyridine rings is 1. The molecule has 0 aliphatic heterocycles. The van der Waals surface area contributed by atoms with Gasteiger partial charge in [-0.05, 0) is 35.9 Å². The monoisotopic (exact) mass is 491 g/mol. The zero-order valence-electron chi connectivity index (χ0n) is 17.2. The highest BCUT2D eigenvalue weighted by Gasteiger charge is 2.18. The van der Waals surface area contributed by atoms with Crippen LogP contribution in [0.4, 0.5) is 20.7 Å². The fourth-order valence-corrected chi connectivity index (χ4v) is 3.74. The number of carbonyl (C=O) groups excluding carboxylic acids is 2. The SMILES string of the molecule is CN(CC(=O)Nc1ccc(-c2ccccc2S(N)(=O)=O)cc1F)C(=O)Nc1ccc(Cl)cn1. The maximum absolute atomic E-state index is 14.6. The summed E-state index contributed by atoms with van der Waals surface area (Å²) in [6.07, 6.45) is 1.36. The minimum Gasteiger partial charge on any atom is -0.322 e. The smallest absolute Gasteiger partial charge is 0.322 e. The third-order valence-corrected chi connectivity index (χ3v) is 5.63. The van der Waals surface area contributed by atoms with Gasteiger partial charge in [0.05, 0.1) is 15.6 Å². The Bertz CT molecular complexity index is 1300. The zero-order chi connectivity index (χ0) is 24.2. The molecule has 33 heavy (non-hydrogen) atoms. The molecule has 0 aliphatic rings. The summed E-state index contributed by atoms with van der Waals surface area (Å²) in [5.41, 5.74) is 0.357. The Labute approximate surface area is 194 Å². The molecule has 0 saturated heterocycles. The standard InChI is InChI=1S/C21H19ClFN5O4S/c1-28(21(30)27-19-9-7-14(22)11-25-19)12-20(29)26-17-8-6-13(10-16(17)23)15-4-2-3-5-18(15)33(24,31)32/h2-11H,12H2,1H3,(H,26,29)(H2,24,31,32)(H,25,27,30). The molecule has 0 aliphatic carbocycles. The first-order chi connectivity index (χ1) is 15.5. The average Bonchev–Trinajstić information content (AvgIpc) is 2.76. The van der Waals surface area contributed by atoms with E-state index < -0.39 is 27.8 Å². The van der Waals surface area contributed by atoms with E-state index in [0.29, 0.717) is 5.02 Å². The lowest BCUT2D eigenvalue weighted by molar-refractivity contribution is -0.116. The summed E-state index contributed by atoms with van der Waals surface area (Å²) in [6, 6.07) is 12.2. The predicted octanol–water partition coefficient (Wildman–Crippen LogP) is 3.29. The number of amides is 3. The molecule has 0 fully saturated rings. The first-order valence-electron chi connectivity index (χ1n) is 9.40. The molecule has 1 heterocycles. The normalized spacial score (nSPS) is 11.0. The van der Waals surface area contributed by atoms with Crippen LogP contribution in [0, 0.1) is 5.82 Å². The van der Waals surface area contributed by atoms with Gasteiger partial charge >= 0.3 is 6.03 Å². The van der Waals surface area contributed by atoms with Gasteiger partial charge in [0.15, 0.2) is 0 Å². The number of carbonyl (C=O) groups is 2. The van der Waals surface area contributed by atoms with E-state index in [0.717, 1.165) is 11.0 Å². The first kappa shape index (κ1) is 24.1. The Balaban J connectivity index is 1.67. The summed E-state index contributed by atoms with van der Waals surface area (Å²) in [6.45, 7) is -0.366. The van der Waals surface area contributed by atoms with E-state index in [9.17, 15) is 22.4 Å². The number of hydrogen-bond donors (Lipinski definition) is 3. The van der Waals surface area contributed by atoms with E-state index >= 15 is 0 Å². The number of nitrogens with one attached hydrogen (secondary N) is 2. The van der Waals surface area contributed by atoms with Gasteiger partial charge in [-0.2, -0.15) is 0 Å². The second-order valence-electron chi connectivity index (χ2n) is 6.93. The van der Waals surface area contributed by atoms with Crippen molar-refractivity contribution in [3.05, 3.63) is 71.6 Å². The van der Waals surface area contributed by atoms with E-state index in [-0.39, 0.29) is 34.1 Å². The highest BCUT2D eigenvalue weighted by atomic mass is 35.5. The van der Waals surface area contributed by atoms with Gasteiger partial charge in [0.1, 0.15) is 18.2 Å². The van der Waals surface area contributed by atoms with Crippen molar-refractivity contribution in [1.29, 1.82) is 0 Å². The fourth-order valence-electron chi connectivity index (χ4n) is 2.87.